The number of rotatable bonds is 1. The van der Waals surface area contributed by atoms with Gasteiger partial charge in [-0.2, -0.15) is 0 Å². The lowest BCUT2D eigenvalue weighted by Gasteiger charge is -1.99. The number of hydrogen-bond donors (Lipinski definition) is 3. The molecule has 0 aromatic carbocycles. The third-order valence-corrected chi connectivity index (χ3v) is 1.21. The summed E-state index contributed by atoms with van der Waals surface area (Å²) in [4.78, 5) is 14.2. The first-order valence-electron chi connectivity index (χ1n) is 2.93. The van der Waals surface area contributed by atoms with E-state index in [4.69, 9.17) is 17.2 Å². The molecule has 0 fully saturated rings. The summed E-state index contributed by atoms with van der Waals surface area (Å²) in [5.41, 5.74) is 15.8. The molecule has 1 aromatic rings. The van der Waals surface area contributed by atoms with Gasteiger partial charge in [-0.05, 0) is 12.1 Å². The molecule has 1 heterocycles. The Morgan fingerprint density at radius 1 is 1.36 bits per heavy atom. The first kappa shape index (κ1) is 7.33. The van der Waals surface area contributed by atoms with E-state index in [0.29, 0.717) is 0 Å². The summed E-state index contributed by atoms with van der Waals surface area (Å²) in [6.07, 6.45) is 0. The molecule has 5 nitrogen and oxygen atoms in total. The van der Waals surface area contributed by atoms with Crippen LogP contribution in [0.1, 0.15) is 10.4 Å². The number of carbonyl (C=O) groups is 1. The van der Waals surface area contributed by atoms with Gasteiger partial charge in [0.1, 0.15) is 11.6 Å². The predicted octanol–water partition coefficient (Wildman–Crippen LogP) is -0.655. The Bertz CT molecular complexity index is 297. The highest BCUT2D eigenvalue weighted by atomic mass is 16.1. The molecule has 6 N–H and O–H groups in total. The summed E-state index contributed by atoms with van der Waals surface area (Å²) < 4.78 is 0. The van der Waals surface area contributed by atoms with Crippen LogP contribution in [0.4, 0.5) is 11.6 Å². The third-order valence-electron chi connectivity index (χ3n) is 1.21. The van der Waals surface area contributed by atoms with Crippen LogP contribution in [0.2, 0.25) is 0 Å². The van der Waals surface area contributed by atoms with Crippen LogP contribution >= 0.6 is 0 Å². The Hall–Kier alpha value is -1.78. The lowest BCUT2D eigenvalue weighted by atomic mass is 10.2. The van der Waals surface area contributed by atoms with Crippen LogP contribution in [0.3, 0.4) is 0 Å². The van der Waals surface area contributed by atoms with Gasteiger partial charge < -0.3 is 17.2 Å². The molecule has 1 rings (SSSR count). The zero-order valence-electron chi connectivity index (χ0n) is 5.74. The summed E-state index contributed by atoms with van der Waals surface area (Å²) in [7, 11) is 0. The van der Waals surface area contributed by atoms with Gasteiger partial charge in [-0.3, -0.25) is 4.79 Å². The molecule has 0 unspecified atom stereocenters. The number of anilines is 2. The fourth-order valence-corrected chi connectivity index (χ4v) is 0.699. The van der Waals surface area contributed by atoms with Crippen LogP contribution in [-0.4, -0.2) is 10.9 Å². The molecule has 58 valence electrons. The number of nitrogens with two attached hydrogens (primary N) is 3. The summed E-state index contributed by atoms with van der Waals surface area (Å²) in [6.45, 7) is 0. The quantitative estimate of drug-likeness (QED) is 0.496. The van der Waals surface area contributed by atoms with Crippen LogP contribution in [0.25, 0.3) is 0 Å². The average molecular weight is 152 g/mol. The summed E-state index contributed by atoms with van der Waals surface area (Å²) in [5, 5.41) is 0. The molecular weight excluding hydrogens is 144 g/mol. The first-order valence-corrected chi connectivity index (χ1v) is 2.93. The number of pyridine rings is 1. The zero-order valence-corrected chi connectivity index (χ0v) is 5.74. The Balaban J connectivity index is 3.20. The van der Waals surface area contributed by atoms with Crippen molar-refractivity contribution in [2.75, 3.05) is 11.5 Å². The highest BCUT2D eigenvalue weighted by Gasteiger charge is 2.05. The van der Waals surface area contributed by atoms with Gasteiger partial charge in [0.2, 0.25) is 0 Å². The Labute approximate surface area is 63.2 Å². The van der Waals surface area contributed by atoms with Crippen LogP contribution in [0.5, 0.6) is 0 Å². The van der Waals surface area contributed by atoms with Gasteiger partial charge in [-0.1, -0.05) is 0 Å². The van der Waals surface area contributed by atoms with Crippen molar-refractivity contribution in [3.05, 3.63) is 17.7 Å². The van der Waals surface area contributed by atoms with Gasteiger partial charge in [0.15, 0.2) is 0 Å². The van der Waals surface area contributed by atoms with Crippen molar-refractivity contribution in [2.45, 2.75) is 0 Å². The number of primary amides is 1. The van der Waals surface area contributed by atoms with E-state index in [0.717, 1.165) is 0 Å². The van der Waals surface area contributed by atoms with E-state index < -0.39 is 5.91 Å². The Morgan fingerprint density at radius 3 is 2.45 bits per heavy atom. The standard InChI is InChI=1S/C6H8N4O/c7-4-2-1-3(6(9)11)5(8)10-4/h1-2H,(H2,9,11)(H4,7,8,10). The second-order valence-electron chi connectivity index (χ2n) is 2.03. The molecule has 5 heteroatoms. The smallest absolute Gasteiger partial charge is 0.252 e. The van der Waals surface area contributed by atoms with E-state index in [-0.39, 0.29) is 17.2 Å². The molecule has 0 radical (unpaired) electrons. The van der Waals surface area contributed by atoms with E-state index in [2.05, 4.69) is 4.98 Å². The van der Waals surface area contributed by atoms with Crippen molar-refractivity contribution in [3.63, 3.8) is 0 Å². The van der Waals surface area contributed by atoms with Gasteiger partial charge in [0.25, 0.3) is 5.91 Å². The average Bonchev–Trinajstić information content (AvgIpc) is 1.85. The van der Waals surface area contributed by atoms with Gasteiger partial charge in [-0.25, -0.2) is 4.98 Å². The molecule has 1 amide bonds. The number of hydrogen-bond acceptors (Lipinski definition) is 4. The van der Waals surface area contributed by atoms with Gasteiger partial charge >= 0.3 is 0 Å². The maximum Gasteiger partial charge on any atom is 0.252 e. The van der Waals surface area contributed by atoms with Crippen molar-refractivity contribution in [2.24, 2.45) is 5.73 Å². The molecule has 0 spiro atoms. The molecule has 0 saturated heterocycles. The fourth-order valence-electron chi connectivity index (χ4n) is 0.699. The molecule has 0 aliphatic carbocycles. The molecule has 0 atom stereocenters. The van der Waals surface area contributed by atoms with Crippen molar-refractivity contribution < 1.29 is 4.79 Å². The molecule has 0 saturated carbocycles. The first-order chi connectivity index (χ1) is 5.11. The second kappa shape index (κ2) is 2.45. The van der Waals surface area contributed by atoms with Crippen LogP contribution in [0, 0.1) is 0 Å². The lowest BCUT2D eigenvalue weighted by molar-refractivity contribution is 0.100. The Kier molecular flexibility index (Phi) is 1.63. The van der Waals surface area contributed by atoms with E-state index in [1.165, 1.54) is 12.1 Å². The maximum absolute atomic E-state index is 10.6. The number of nitrogen functional groups attached to an aromatic ring is 2. The molecular formula is C6H8N4O. The predicted molar refractivity (Wildman–Crippen MR) is 41.6 cm³/mol. The summed E-state index contributed by atoms with van der Waals surface area (Å²) in [6, 6.07) is 2.91. The molecule has 0 bridgehead atoms. The minimum atomic E-state index is -0.602. The summed E-state index contributed by atoms with van der Waals surface area (Å²) >= 11 is 0. The van der Waals surface area contributed by atoms with Crippen molar-refractivity contribution >= 4 is 17.5 Å². The van der Waals surface area contributed by atoms with Crippen LogP contribution < -0.4 is 17.2 Å². The number of aromatic nitrogens is 1. The minimum absolute atomic E-state index is 0.0671. The van der Waals surface area contributed by atoms with E-state index in [1.807, 2.05) is 0 Å². The number of amides is 1. The number of nitrogens with zero attached hydrogens (tertiary/aromatic N) is 1. The lowest BCUT2D eigenvalue weighted by Crippen LogP contribution is -2.14. The van der Waals surface area contributed by atoms with Crippen molar-refractivity contribution in [1.82, 2.24) is 4.98 Å². The second-order valence-corrected chi connectivity index (χ2v) is 2.03. The zero-order chi connectivity index (χ0) is 8.43. The van der Waals surface area contributed by atoms with Crippen LogP contribution in [-0.2, 0) is 0 Å². The maximum atomic E-state index is 10.6. The molecule has 11 heavy (non-hydrogen) atoms. The van der Waals surface area contributed by atoms with Crippen LogP contribution in [0.15, 0.2) is 12.1 Å². The van der Waals surface area contributed by atoms with E-state index in [9.17, 15) is 4.79 Å². The topological polar surface area (TPSA) is 108 Å². The minimum Gasteiger partial charge on any atom is -0.384 e. The largest absolute Gasteiger partial charge is 0.384 e. The monoisotopic (exact) mass is 152 g/mol. The fraction of sp³-hybridized carbons (Fsp3) is 0. The highest BCUT2D eigenvalue weighted by molar-refractivity contribution is 5.97. The van der Waals surface area contributed by atoms with Gasteiger partial charge in [0.05, 0.1) is 5.56 Å². The van der Waals surface area contributed by atoms with Crippen molar-refractivity contribution in [3.8, 4) is 0 Å². The molecule has 1 aromatic heterocycles. The SMILES string of the molecule is NC(=O)c1ccc(N)nc1N. The third kappa shape index (κ3) is 1.37. The highest BCUT2D eigenvalue weighted by Crippen LogP contribution is 2.09. The number of carbonyl (C=O) groups excluding carboxylic acids is 1. The van der Waals surface area contributed by atoms with E-state index >= 15 is 0 Å². The van der Waals surface area contributed by atoms with E-state index in [1.54, 1.807) is 0 Å². The van der Waals surface area contributed by atoms with Gasteiger partial charge in [0, 0.05) is 0 Å². The normalized spacial score (nSPS) is 9.45. The Morgan fingerprint density at radius 2 is 2.00 bits per heavy atom. The summed E-state index contributed by atoms with van der Waals surface area (Å²) in [5.74, 6) is -0.264. The van der Waals surface area contributed by atoms with Crippen molar-refractivity contribution in [1.29, 1.82) is 0 Å². The molecule has 0 aliphatic rings. The van der Waals surface area contributed by atoms with Gasteiger partial charge in [-0.15, -0.1) is 0 Å². The molecule has 0 aliphatic heterocycles.